The van der Waals surface area contributed by atoms with Crippen LogP contribution in [0.15, 0.2) is 24.3 Å². The fourth-order valence-electron chi connectivity index (χ4n) is 3.85. The molecule has 2 amide bonds. The molecule has 1 aliphatic heterocycles. The molecule has 6 nitrogen and oxygen atoms in total. The van der Waals surface area contributed by atoms with Gasteiger partial charge in [0.25, 0.3) is 0 Å². The maximum Gasteiger partial charge on any atom is 0.247 e. The van der Waals surface area contributed by atoms with Gasteiger partial charge in [-0.05, 0) is 46.2 Å². The number of rotatable bonds is 4. The quantitative estimate of drug-likeness (QED) is 0.833. The number of benzene rings is 1. The van der Waals surface area contributed by atoms with Gasteiger partial charge in [0.2, 0.25) is 11.8 Å². The molecule has 1 atom stereocenters. The molecule has 0 N–H and O–H groups in total. The third-order valence-corrected chi connectivity index (χ3v) is 5.05. The number of nitrogens with zero attached hydrogens (tertiary/aromatic N) is 4. The summed E-state index contributed by atoms with van der Waals surface area (Å²) in [7, 11) is 0. The van der Waals surface area contributed by atoms with E-state index in [1.807, 2.05) is 31.7 Å². The second kappa shape index (κ2) is 7.55. The molecule has 144 valence electrons. The Balaban J connectivity index is 1.64. The average molecular weight is 368 g/mol. The van der Waals surface area contributed by atoms with E-state index in [0.717, 1.165) is 17.0 Å². The van der Waals surface area contributed by atoms with Gasteiger partial charge < -0.3 is 9.80 Å². The van der Waals surface area contributed by atoms with Crippen LogP contribution >= 0.6 is 0 Å². The van der Waals surface area contributed by atoms with Crippen molar-refractivity contribution in [3.8, 4) is 0 Å². The van der Waals surface area contributed by atoms with E-state index in [2.05, 4.69) is 37.1 Å². The molecular weight excluding hydrogens is 340 g/mol. The van der Waals surface area contributed by atoms with Crippen molar-refractivity contribution < 1.29 is 9.59 Å². The van der Waals surface area contributed by atoms with Crippen LogP contribution in [-0.2, 0) is 16.1 Å². The molecule has 27 heavy (non-hydrogen) atoms. The smallest absolute Gasteiger partial charge is 0.247 e. The SMILES string of the molecule is Cc1cc(C)cc(CN2CCN(C(=O)[C@H](C)n3nc(C)cc3C)CC2=O)c1. The van der Waals surface area contributed by atoms with Gasteiger partial charge in [-0.25, -0.2) is 0 Å². The van der Waals surface area contributed by atoms with Crippen molar-refractivity contribution in [1.29, 1.82) is 0 Å². The van der Waals surface area contributed by atoms with Crippen LogP contribution in [0.5, 0.6) is 0 Å². The largest absolute Gasteiger partial charge is 0.335 e. The van der Waals surface area contributed by atoms with Crippen molar-refractivity contribution in [2.75, 3.05) is 19.6 Å². The monoisotopic (exact) mass is 368 g/mol. The van der Waals surface area contributed by atoms with Crippen LogP contribution in [0.25, 0.3) is 0 Å². The summed E-state index contributed by atoms with van der Waals surface area (Å²) in [4.78, 5) is 29.0. The van der Waals surface area contributed by atoms with Crippen LogP contribution < -0.4 is 0 Å². The van der Waals surface area contributed by atoms with E-state index in [1.165, 1.54) is 11.1 Å². The second-order valence-electron chi connectivity index (χ2n) is 7.62. The van der Waals surface area contributed by atoms with Gasteiger partial charge in [0.15, 0.2) is 0 Å². The van der Waals surface area contributed by atoms with Crippen LogP contribution in [-0.4, -0.2) is 51.0 Å². The summed E-state index contributed by atoms with van der Waals surface area (Å²) >= 11 is 0. The molecule has 1 aromatic heterocycles. The zero-order valence-electron chi connectivity index (χ0n) is 16.8. The third kappa shape index (κ3) is 4.21. The van der Waals surface area contributed by atoms with Gasteiger partial charge in [0.1, 0.15) is 6.04 Å². The number of amides is 2. The normalized spacial score (nSPS) is 16.0. The molecule has 2 aromatic rings. The Hall–Kier alpha value is -2.63. The number of carbonyl (C=O) groups excluding carboxylic acids is 2. The minimum absolute atomic E-state index is 0.00525. The fraction of sp³-hybridized carbons (Fsp3) is 0.476. The number of hydrogen-bond donors (Lipinski definition) is 0. The molecule has 2 heterocycles. The Bertz CT molecular complexity index is 851. The number of aromatic nitrogens is 2. The van der Waals surface area contributed by atoms with Crippen molar-refractivity contribution in [3.05, 3.63) is 52.3 Å². The lowest BCUT2D eigenvalue weighted by molar-refractivity contribution is -0.147. The summed E-state index contributed by atoms with van der Waals surface area (Å²) in [6.45, 7) is 11.7. The lowest BCUT2D eigenvalue weighted by atomic mass is 10.1. The minimum Gasteiger partial charge on any atom is -0.335 e. The lowest BCUT2D eigenvalue weighted by Crippen LogP contribution is -2.53. The van der Waals surface area contributed by atoms with E-state index in [0.29, 0.717) is 19.6 Å². The molecule has 0 saturated carbocycles. The molecule has 3 rings (SSSR count). The highest BCUT2D eigenvalue weighted by atomic mass is 16.2. The Morgan fingerprint density at radius 3 is 2.30 bits per heavy atom. The lowest BCUT2D eigenvalue weighted by Gasteiger charge is -2.35. The Kier molecular flexibility index (Phi) is 5.35. The van der Waals surface area contributed by atoms with Crippen LogP contribution in [0.3, 0.4) is 0 Å². The summed E-state index contributed by atoms with van der Waals surface area (Å²) in [6, 6.07) is 7.90. The maximum atomic E-state index is 12.9. The van der Waals surface area contributed by atoms with Gasteiger partial charge in [0.05, 0.1) is 12.2 Å². The van der Waals surface area contributed by atoms with Crippen LogP contribution in [0.2, 0.25) is 0 Å². The van der Waals surface area contributed by atoms with Gasteiger partial charge in [0, 0.05) is 25.3 Å². The highest BCUT2D eigenvalue weighted by molar-refractivity contribution is 5.87. The molecule has 0 bridgehead atoms. The topological polar surface area (TPSA) is 58.4 Å². The molecule has 6 heteroatoms. The first-order valence-corrected chi connectivity index (χ1v) is 9.41. The minimum atomic E-state index is -0.405. The van der Waals surface area contributed by atoms with Crippen molar-refractivity contribution in [2.24, 2.45) is 0 Å². The molecule has 0 spiro atoms. The molecule has 0 radical (unpaired) electrons. The van der Waals surface area contributed by atoms with Crippen LogP contribution in [0, 0.1) is 27.7 Å². The first kappa shape index (κ1) is 19.1. The standard InChI is InChI=1S/C21H28N4O2/c1-14-8-15(2)10-19(9-14)12-23-6-7-24(13-20(23)26)21(27)18(5)25-17(4)11-16(3)22-25/h8-11,18H,6-7,12-13H2,1-5H3/t18-/m0/s1. The summed E-state index contributed by atoms with van der Waals surface area (Å²) in [5.74, 6) is -0.0603. The van der Waals surface area contributed by atoms with Gasteiger partial charge in [-0.3, -0.25) is 14.3 Å². The van der Waals surface area contributed by atoms with Gasteiger partial charge in [-0.2, -0.15) is 5.10 Å². The molecule has 1 fully saturated rings. The van der Waals surface area contributed by atoms with Crippen LogP contribution in [0.1, 0.15) is 41.0 Å². The van der Waals surface area contributed by atoms with Crippen molar-refractivity contribution in [3.63, 3.8) is 0 Å². The predicted octanol–water partition coefficient (Wildman–Crippen LogP) is 2.55. The highest BCUT2D eigenvalue weighted by Crippen LogP contribution is 2.17. The van der Waals surface area contributed by atoms with Crippen molar-refractivity contribution in [2.45, 2.75) is 47.2 Å². The number of piperazine rings is 1. The Morgan fingerprint density at radius 2 is 1.74 bits per heavy atom. The number of aryl methyl sites for hydroxylation is 4. The maximum absolute atomic E-state index is 12.9. The van der Waals surface area contributed by atoms with Crippen molar-refractivity contribution >= 4 is 11.8 Å². The second-order valence-corrected chi connectivity index (χ2v) is 7.62. The fourth-order valence-corrected chi connectivity index (χ4v) is 3.85. The van der Waals surface area contributed by atoms with Crippen molar-refractivity contribution in [1.82, 2.24) is 19.6 Å². The molecular formula is C21H28N4O2. The van der Waals surface area contributed by atoms with E-state index >= 15 is 0 Å². The summed E-state index contributed by atoms with van der Waals surface area (Å²) in [6.07, 6.45) is 0. The molecule has 1 aromatic carbocycles. The third-order valence-electron chi connectivity index (χ3n) is 5.05. The Morgan fingerprint density at radius 1 is 1.07 bits per heavy atom. The average Bonchev–Trinajstić information content (AvgIpc) is 2.93. The van der Waals surface area contributed by atoms with Crippen LogP contribution in [0.4, 0.5) is 0 Å². The Labute approximate surface area is 160 Å². The summed E-state index contributed by atoms with van der Waals surface area (Å²) in [5.41, 5.74) is 5.38. The first-order chi connectivity index (χ1) is 12.7. The zero-order valence-corrected chi connectivity index (χ0v) is 16.8. The highest BCUT2D eigenvalue weighted by Gasteiger charge is 2.31. The van der Waals surface area contributed by atoms with Gasteiger partial charge in [-0.15, -0.1) is 0 Å². The number of hydrogen-bond acceptors (Lipinski definition) is 3. The zero-order chi connectivity index (χ0) is 19.7. The van der Waals surface area contributed by atoms with E-state index in [1.54, 1.807) is 9.58 Å². The molecule has 0 aliphatic carbocycles. The van der Waals surface area contributed by atoms with E-state index in [4.69, 9.17) is 0 Å². The van der Waals surface area contributed by atoms with Gasteiger partial charge >= 0.3 is 0 Å². The number of carbonyl (C=O) groups is 2. The van der Waals surface area contributed by atoms with E-state index in [-0.39, 0.29) is 18.4 Å². The first-order valence-electron chi connectivity index (χ1n) is 9.41. The van der Waals surface area contributed by atoms with Gasteiger partial charge in [-0.1, -0.05) is 29.3 Å². The van der Waals surface area contributed by atoms with E-state index < -0.39 is 6.04 Å². The molecule has 0 unspecified atom stereocenters. The summed E-state index contributed by atoms with van der Waals surface area (Å²) in [5, 5.41) is 4.41. The molecule has 1 saturated heterocycles. The molecule has 1 aliphatic rings. The van der Waals surface area contributed by atoms with E-state index in [9.17, 15) is 9.59 Å². The predicted molar refractivity (Wildman–Crippen MR) is 104 cm³/mol. The summed E-state index contributed by atoms with van der Waals surface area (Å²) < 4.78 is 1.74.